The number of furan rings is 1. The third-order valence-corrected chi connectivity index (χ3v) is 12.1. The van der Waals surface area contributed by atoms with Crippen LogP contribution in [0.5, 0.6) is 0 Å². The van der Waals surface area contributed by atoms with E-state index in [1.807, 2.05) is 0 Å². The molecule has 0 aliphatic carbocycles. The zero-order valence-electron chi connectivity index (χ0n) is 28.6. The normalized spacial score (nSPS) is 12.5. The van der Waals surface area contributed by atoms with Gasteiger partial charge in [0.1, 0.15) is 11.2 Å². The van der Waals surface area contributed by atoms with Crippen LogP contribution in [0.15, 0.2) is 174 Å². The van der Waals surface area contributed by atoms with Gasteiger partial charge in [0.05, 0.1) is 0 Å². The van der Waals surface area contributed by atoms with Crippen LogP contribution < -0.4 is 0 Å². The van der Waals surface area contributed by atoms with Crippen LogP contribution in [-0.2, 0) is 0 Å². The number of rotatable bonds is 2. The van der Waals surface area contributed by atoms with Gasteiger partial charge in [-0.15, -0.1) is 0 Å². The van der Waals surface area contributed by atoms with E-state index in [0.29, 0.717) is 0 Å². The minimum absolute atomic E-state index is 0.915. The highest BCUT2D eigenvalue weighted by molar-refractivity contribution is 6.29. The molecule has 0 spiro atoms. The van der Waals surface area contributed by atoms with Crippen molar-refractivity contribution in [2.24, 2.45) is 0 Å². The fraction of sp³-hybridized carbons (Fsp3) is 0. The van der Waals surface area contributed by atoms with E-state index in [4.69, 9.17) is 4.42 Å². The smallest absolute Gasteiger partial charge is 0.136 e. The summed E-state index contributed by atoms with van der Waals surface area (Å²) in [6, 6.07) is 63.3. The maximum absolute atomic E-state index is 6.65. The Bertz CT molecular complexity index is 3640. The van der Waals surface area contributed by atoms with Crippen molar-refractivity contribution in [3.05, 3.63) is 170 Å². The van der Waals surface area contributed by atoms with Crippen molar-refractivity contribution in [1.29, 1.82) is 0 Å². The van der Waals surface area contributed by atoms with Gasteiger partial charge in [0.15, 0.2) is 0 Å². The van der Waals surface area contributed by atoms with Crippen LogP contribution in [-0.4, -0.2) is 0 Å². The average Bonchev–Trinajstić information content (AvgIpc) is 3.58. The molecule has 0 aliphatic heterocycles. The lowest BCUT2D eigenvalue weighted by Crippen LogP contribution is -1.91. The monoisotopic (exact) mass is 668 g/mol. The van der Waals surface area contributed by atoms with Crippen LogP contribution in [0.25, 0.3) is 130 Å². The molecule has 13 aromatic rings. The van der Waals surface area contributed by atoms with Crippen LogP contribution in [0, 0.1) is 0 Å². The molecule has 0 bridgehead atoms. The molecule has 0 unspecified atom stereocenters. The minimum atomic E-state index is 0.915. The Morgan fingerprint density at radius 2 is 0.792 bits per heavy atom. The lowest BCUT2D eigenvalue weighted by atomic mass is 9.85. The number of hydrogen-bond donors (Lipinski definition) is 0. The highest BCUT2D eigenvalue weighted by atomic mass is 16.3. The van der Waals surface area contributed by atoms with Gasteiger partial charge in [-0.05, 0) is 139 Å². The van der Waals surface area contributed by atoms with Crippen molar-refractivity contribution in [2.45, 2.75) is 0 Å². The van der Waals surface area contributed by atoms with E-state index in [2.05, 4.69) is 170 Å². The van der Waals surface area contributed by atoms with E-state index in [1.165, 1.54) is 114 Å². The van der Waals surface area contributed by atoms with Gasteiger partial charge in [-0.3, -0.25) is 0 Å². The Hall–Kier alpha value is -6.96. The zero-order valence-corrected chi connectivity index (χ0v) is 28.6. The summed E-state index contributed by atoms with van der Waals surface area (Å²) in [5, 5.41) is 22.8. The topological polar surface area (TPSA) is 13.1 Å². The molecule has 0 atom stereocenters. The first kappa shape index (κ1) is 27.7. The van der Waals surface area contributed by atoms with Gasteiger partial charge in [-0.1, -0.05) is 140 Å². The third kappa shape index (κ3) is 3.66. The van der Waals surface area contributed by atoms with Crippen molar-refractivity contribution in [1.82, 2.24) is 0 Å². The molecule has 0 saturated heterocycles. The van der Waals surface area contributed by atoms with Gasteiger partial charge in [0, 0.05) is 10.8 Å². The van der Waals surface area contributed by atoms with Gasteiger partial charge in [-0.2, -0.15) is 0 Å². The fourth-order valence-corrected chi connectivity index (χ4v) is 9.74. The van der Waals surface area contributed by atoms with E-state index in [9.17, 15) is 0 Å². The molecule has 0 radical (unpaired) electrons. The summed E-state index contributed by atoms with van der Waals surface area (Å²) in [5.74, 6) is 0. The molecule has 1 heterocycles. The Labute approximate surface area is 303 Å². The van der Waals surface area contributed by atoms with Crippen LogP contribution in [0.3, 0.4) is 0 Å². The van der Waals surface area contributed by atoms with E-state index in [1.54, 1.807) is 0 Å². The van der Waals surface area contributed by atoms with Gasteiger partial charge < -0.3 is 4.42 Å². The third-order valence-electron chi connectivity index (χ3n) is 12.1. The van der Waals surface area contributed by atoms with Gasteiger partial charge in [0.25, 0.3) is 0 Å². The Kier molecular flexibility index (Phi) is 5.17. The highest BCUT2D eigenvalue weighted by Crippen LogP contribution is 2.46. The van der Waals surface area contributed by atoms with Crippen molar-refractivity contribution < 1.29 is 4.42 Å². The molecule has 53 heavy (non-hydrogen) atoms. The predicted octanol–water partition coefficient (Wildman–Crippen LogP) is 15.0. The molecule has 1 aromatic heterocycles. The van der Waals surface area contributed by atoms with Crippen LogP contribution in [0.1, 0.15) is 0 Å². The van der Waals surface area contributed by atoms with Crippen molar-refractivity contribution >= 4 is 108 Å². The van der Waals surface area contributed by atoms with E-state index >= 15 is 0 Å². The highest BCUT2D eigenvalue weighted by Gasteiger charge is 2.19. The van der Waals surface area contributed by atoms with Gasteiger partial charge >= 0.3 is 0 Å². The van der Waals surface area contributed by atoms with Crippen LogP contribution in [0.4, 0.5) is 0 Å². The fourth-order valence-electron chi connectivity index (χ4n) is 9.74. The average molecular weight is 669 g/mol. The maximum atomic E-state index is 6.65. The summed E-state index contributed by atoms with van der Waals surface area (Å²) in [4.78, 5) is 0. The first-order chi connectivity index (χ1) is 26.2. The molecule has 1 heteroatoms. The summed E-state index contributed by atoms with van der Waals surface area (Å²) in [7, 11) is 0. The molecule has 0 aliphatic rings. The molecule has 0 saturated carbocycles. The molecule has 0 fully saturated rings. The van der Waals surface area contributed by atoms with Crippen molar-refractivity contribution in [2.75, 3.05) is 0 Å². The summed E-state index contributed by atoms with van der Waals surface area (Å²) in [6.07, 6.45) is 0. The Balaban J connectivity index is 1.18. The first-order valence-corrected chi connectivity index (χ1v) is 18.4. The summed E-state index contributed by atoms with van der Waals surface area (Å²) < 4.78 is 6.65. The zero-order chi connectivity index (χ0) is 34.4. The number of benzene rings is 12. The van der Waals surface area contributed by atoms with Crippen LogP contribution in [0.2, 0.25) is 0 Å². The first-order valence-electron chi connectivity index (χ1n) is 18.4. The van der Waals surface area contributed by atoms with Crippen LogP contribution >= 0.6 is 0 Å². The van der Waals surface area contributed by atoms with Gasteiger partial charge in [0.2, 0.25) is 0 Å². The largest absolute Gasteiger partial charge is 0.456 e. The molecule has 1 nitrogen and oxygen atoms in total. The standard InChI is InChI=1S/C52H28O/c1-2-10-39-29(5-1)19-24-46-52(39)45-28-43-37(27-47(45)53-46)25-36(38-20-15-34-13-11-30-6-3-8-32-17-22-41(38)50(34)48(30)32)26-44(43)40-21-16-35-14-12-31-7-4-9-33-18-23-42(40)51(35)49(31)33/h1-28H. The summed E-state index contributed by atoms with van der Waals surface area (Å²) >= 11 is 0. The summed E-state index contributed by atoms with van der Waals surface area (Å²) in [5.41, 5.74) is 6.77. The second-order valence-electron chi connectivity index (χ2n) is 14.8. The molecule has 0 N–H and O–H groups in total. The SMILES string of the molecule is c1ccc2c(c1)ccc1oc3cc4cc(-c5ccc6ccc7cccc8ccc5c6c78)cc(-c5ccc6ccc7cccc8ccc5c6c78)c4cc3c12. The molecule has 0 amide bonds. The molecule has 242 valence electrons. The van der Waals surface area contributed by atoms with E-state index in [-0.39, 0.29) is 0 Å². The number of fused-ring (bicyclic) bond motifs is 6. The lowest BCUT2D eigenvalue weighted by Gasteiger charge is -2.18. The molecule has 12 aromatic carbocycles. The summed E-state index contributed by atoms with van der Waals surface area (Å²) in [6.45, 7) is 0. The molecular weight excluding hydrogens is 641 g/mol. The predicted molar refractivity (Wildman–Crippen MR) is 227 cm³/mol. The minimum Gasteiger partial charge on any atom is -0.456 e. The second kappa shape index (κ2) is 9.88. The maximum Gasteiger partial charge on any atom is 0.136 e. The van der Waals surface area contributed by atoms with Crippen molar-refractivity contribution in [3.63, 3.8) is 0 Å². The Morgan fingerprint density at radius 3 is 1.49 bits per heavy atom. The quantitative estimate of drug-likeness (QED) is 0.167. The van der Waals surface area contributed by atoms with E-state index < -0.39 is 0 Å². The van der Waals surface area contributed by atoms with Crippen molar-refractivity contribution in [3.8, 4) is 22.3 Å². The Morgan fingerprint density at radius 1 is 0.245 bits per heavy atom. The molecule has 13 rings (SSSR count). The van der Waals surface area contributed by atoms with E-state index in [0.717, 1.165) is 16.6 Å². The van der Waals surface area contributed by atoms with Gasteiger partial charge in [-0.25, -0.2) is 0 Å². The molecular formula is C52H28O. The number of hydrogen-bond acceptors (Lipinski definition) is 1. The second-order valence-corrected chi connectivity index (χ2v) is 14.8. The lowest BCUT2D eigenvalue weighted by molar-refractivity contribution is 0.670.